The predicted molar refractivity (Wildman–Crippen MR) is 90.3 cm³/mol. The molecule has 0 spiro atoms. The molecule has 0 N–H and O–H groups in total. The maximum Gasteiger partial charge on any atom is 0.167 e. The van der Waals surface area contributed by atoms with Crippen LogP contribution in [0.4, 0.5) is 0 Å². The van der Waals surface area contributed by atoms with E-state index in [1.54, 1.807) is 0 Å². The van der Waals surface area contributed by atoms with Crippen LogP contribution in [-0.2, 0) is 9.63 Å². The number of allylic oxidation sites excluding steroid dienone is 4. The second-order valence-corrected chi connectivity index (χ2v) is 7.76. The average Bonchev–Trinajstić information content (AvgIpc) is 2.45. The van der Waals surface area contributed by atoms with E-state index < -0.39 is 5.41 Å². The molecule has 1 unspecified atom stereocenters. The molecule has 2 aliphatic rings. The van der Waals surface area contributed by atoms with E-state index in [4.69, 9.17) is 4.84 Å². The van der Waals surface area contributed by atoms with Crippen LogP contribution in [0, 0.1) is 5.41 Å². The smallest absolute Gasteiger partial charge is 0.167 e. The van der Waals surface area contributed by atoms with Gasteiger partial charge in [0.15, 0.2) is 5.78 Å². The number of hydroxylamine groups is 2. The predicted octanol–water partition coefficient (Wildman–Crippen LogP) is 4.22. The molecule has 0 aromatic rings. The van der Waals surface area contributed by atoms with E-state index in [1.165, 1.54) is 12.5 Å². The van der Waals surface area contributed by atoms with E-state index in [0.717, 1.165) is 12.8 Å². The number of nitrogens with zero attached hydrogens (tertiary/aromatic N) is 1. The summed E-state index contributed by atoms with van der Waals surface area (Å²) in [6, 6.07) is 0. The number of carbonyl (C=O) groups is 1. The highest BCUT2D eigenvalue weighted by Crippen LogP contribution is 2.40. The van der Waals surface area contributed by atoms with Crippen LogP contribution >= 0.6 is 0 Å². The van der Waals surface area contributed by atoms with Crippen LogP contribution in [0.15, 0.2) is 37.0 Å². The molecule has 22 heavy (non-hydrogen) atoms. The summed E-state index contributed by atoms with van der Waals surface area (Å²) in [5.41, 5.74) is -0.650. The van der Waals surface area contributed by atoms with Crippen molar-refractivity contribution >= 4 is 5.78 Å². The summed E-state index contributed by atoms with van der Waals surface area (Å²) >= 11 is 0. The van der Waals surface area contributed by atoms with E-state index in [2.05, 4.69) is 39.3 Å². The zero-order valence-electron chi connectivity index (χ0n) is 14.4. The lowest BCUT2D eigenvalue weighted by Gasteiger charge is -2.52. The Morgan fingerprint density at radius 2 is 1.86 bits per heavy atom. The van der Waals surface area contributed by atoms with Gasteiger partial charge in [-0.1, -0.05) is 30.9 Å². The van der Waals surface area contributed by atoms with Gasteiger partial charge in [-0.25, -0.2) is 0 Å². The maximum atomic E-state index is 12.4. The lowest BCUT2D eigenvalue weighted by molar-refractivity contribution is -0.288. The van der Waals surface area contributed by atoms with Crippen molar-refractivity contribution in [1.82, 2.24) is 5.06 Å². The van der Waals surface area contributed by atoms with Gasteiger partial charge in [-0.3, -0.25) is 9.63 Å². The number of hydrogen-bond donors (Lipinski definition) is 0. The fourth-order valence-corrected chi connectivity index (χ4v) is 3.73. The molecule has 0 radical (unpaired) electrons. The van der Waals surface area contributed by atoms with Crippen molar-refractivity contribution in [2.75, 3.05) is 6.61 Å². The van der Waals surface area contributed by atoms with Gasteiger partial charge in [0.05, 0.1) is 12.0 Å². The van der Waals surface area contributed by atoms with Crippen LogP contribution in [0.25, 0.3) is 0 Å². The maximum absolute atomic E-state index is 12.4. The molecule has 1 aliphatic heterocycles. The third-order valence-electron chi connectivity index (χ3n) is 4.95. The van der Waals surface area contributed by atoms with Crippen molar-refractivity contribution in [1.29, 1.82) is 0 Å². The van der Waals surface area contributed by atoms with Crippen molar-refractivity contribution in [3.05, 3.63) is 37.0 Å². The molecule has 0 saturated carbocycles. The molecule has 0 aromatic carbocycles. The molecule has 1 saturated heterocycles. The van der Waals surface area contributed by atoms with Gasteiger partial charge in [0, 0.05) is 11.1 Å². The van der Waals surface area contributed by atoms with Gasteiger partial charge >= 0.3 is 0 Å². The number of piperidine rings is 1. The Morgan fingerprint density at radius 1 is 1.23 bits per heavy atom. The highest BCUT2D eigenvalue weighted by atomic mass is 16.7. The summed E-state index contributed by atoms with van der Waals surface area (Å²) in [7, 11) is 0. The first-order valence-electron chi connectivity index (χ1n) is 8.18. The lowest BCUT2D eigenvalue weighted by Crippen LogP contribution is -2.59. The third kappa shape index (κ3) is 3.26. The third-order valence-corrected chi connectivity index (χ3v) is 4.95. The minimum Gasteiger partial charge on any atom is -0.297 e. The van der Waals surface area contributed by atoms with Crippen LogP contribution in [0.5, 0.6) is 0 Å². The first kappa shape index (κ1) is 17.2. The van der Waals surface area contributed by atoms with Crippen molar-refractivity contribution in [3.8, 4) is 0 Å². The Labute approximate surface area is 134 Å². The summed E-state index contributed by atoms with van der Waals surface area (Å²) < 4.78 is 0. The first-order chi connectivity index (χ1) is 10.2. The largest absolute Gasteiger partial charge is 0.297 e. The van der Waals surface area contributed by atoms with Gasteiger partial charge in [-0.2, -0.15) is 5.06 Å². The van der Waals surface area contributed by atoms with Crippen LogP contribution in [-0.4, -0.2) is 28.5 Å². The first-order valence-corrected chi connectivity index (χ1v) is 8.18. The minimum absolute atomic E-state index is 0.0195. The van der Waals surface area contributed by atoms with E-state index in [1.807, 2.05) is 24.3 Å². The normalized spacial score (nSPS) is 30.2. The molecule has 0 bridgehead atoms. The van der Waals surface area contributed by atoms with Crippen LogP contribution in [0.3, 0.4) is 0 Å². The van der Waals surface area contributed by atoms with Gasteiger partial charge < -0.3 is 0 Å². The zero-order chi connectivity index (χ0) is 16.4. The lowest BCUT2D eigenvalue weighted by atomic mass is 9.78. The van der Waals surface area contributed by atoms with Crippen molar-refractivity contribution in [2.45, 2.75) is 64.5 Å². The van der Waals surface area contributed by atoms with Crippen molar-refractivity contribution in [2.24, 2.45) is 5.41 Å². The molecule has 1 aliphatic carbocycles. The Morgan fingerprint density at radius 3 is 2.36 bits per heavy atom. The second kappa shape index (κ2) is 6.13. The average molecular weight is 303 g/mol. The van der Waals surface area contributed by atoms with E-state index in [0.29, 0.717) is 13.0 Å². The molecular formula is C19H29NO2. The van der Waals surface area contributed by atoms with E-state index >= 15 is 0 Å². The molecule has 1 fully saturated rings. The molecular weight excluding hydrogens is 274 g/mol. The zero-order valence-corrected chi connectivity index (χ0v) is 14.4. The monoisotopic (exact) mass is 303 g/mol. The molecule has 0 amide bonds. The molecule has 3 heteroatoms. The van der Waals surface area contributed by atoms with Gasteiger partial charge in [0.25, 0.3) is 0 Å². The van der Waals surface area contributed by atoms with Gasteiger partial charge in [0.2, 0.25) is 0 Å². The Balaban J connectivity index is 2.18. The van der Waals surface area contributed by atoms with Crippen LogP contribution in [0.1, 0.15) is 53.4 Å². The fraction of sp³-hybridized carbons (Fsp3) is 0.632. The molecule has 1 heterocycles. The summed E-state index contributed by atoms with van der Waals surface area (Å²) in [5.74, 6) is 0.0284. The Hall–Kier alpha value is -1.19. The summed E-state index contributed by atoms with van der Waals surface area (Å²) in [6.45, 7) is 12.9. The summed E-state index contributed by atoms with van der Waals surface area (Å²) in [4.78, 5) is 18.6. The van der Waals surface area contributed by atoms with Crippen molar-refractivity contribution in [3.63, 3.8) is 0 Å². The standard InChI is InChI=1S/C19H29NO2/c1-6-16(21)19(13-8-7-9-14-19)15-22-20-17(2,3)11-10-12-18(20,4)5/h6-9,13H,1,10-12,14-15H2,2-5H3. The van der Waals surface area contributed by atoms with Gasteiger partial charge in [-0.15, -0.1) is 0 Å². The minimum atomic E-state index is -0.611. The topological polar surface area (TPSA) is 29.5 Å². The fourth-order valence-electron chi connectivity index (χ4n) is 3.73. The summed E-state index contributed by atoms with van der Waals surface area (Å²) in [5, 5.41) is 2.12. The van der Waals surface area contributed by atoms with Crippen molar-refractivity contribution < 1.29 is 9.63 Å². The molecule has 1 atom stereocenters. The van der Waals surface area contributed by atoms with Crippen LogP contribution < -0.4 is 0 Å². The Kier molecular flexibility index (Phi) is 4.78. The molecule has 122 valence electrons. The highest BCUT2D eigenvalue weighted by molar-refractivity contribution is 5.96. The second-order valence-electron chi connectivity index (χ2n) is 7.76. The van der Waals surface area contributed by atoms with Crippen LogP contribution in [0.2, 0.25) is 0 Å². The molecule has 0 aromatic heterocycles. The quantitative estimate of drug-likeness (QED) is 0.712. The summed E-state index contributed by atoms with van der Waals surface area (Å²) in [6.07, 6.45) is 13.4. The number of hydrogen-bond acceptors (Lipinski definition) is 3. The highest BCUT2D eigenvalue weighted by Gasteiger charge is 2.44. The van der Waals surface area contributed by atoms with Gasteiger partial charge in [0.1, 0.15) is 0 Å². The number of ketones is 1. The van der Waals surface area contributed by atoms with E-state index in [-0.39, 0.29) is 16.9 Å². The molecule has 3 nitrogen and oxygen atoms in total. The Bertz CT molecular complexity index is 486. The van der Waals surface area contributed by atoms with Gasteiger partial charge in [-0.05, 0) is 59.5 Å². The van der Waals surface area contributed by atoms with E-state index in [9.17, 15) is 4.79 Å². The molecule has 2 rings (SSSR count). The number of carbonyl (C=O) groups excluding carboxylic acids is 1. The number of rotatable bonds is 5. The SMILES string of the molecule is C=CC(=O)C1(CON2C(C)(C)CCCC2(C)C)C=CC=CC1.